The average molecular weight is 225 g/mol. The average Bonchev–Trinajstić information content (AvgIpc) is 2.40. The van der Waals surface area contributed by atoms with Gasteiger partial charge in [0.1, 0.15) is 0 Å². The fourth-order valence-electron chi connectivity index (χ4n) is 1.75. The Morgan fingerprint density at radius 3 is 2.59 bits per heavy atom. The van der Waals surface area contributed by atoms with Crippen LogP contribution in [0.1, 0.15) is 28.4 Å². The molecule has 0 aliphatic carbocycles. The Morgan fingerprint density at radius 1 is 1.12 bits per heavy atom. The molecule has 17 heavy (non-hydrogen) atoms. The number of ketones is 1. The summed E-state index contributed by atoms with van der Waals surface area (Å²) in [6, 6.07) is 11.6. The number of hydrogen-bond acceptors (Lipinski definition) is 2. The molecule has 0 aliphatic heterocycles. The van der Waals surface area contributed by atoms with E-state index in [4.69, 9.17) is 0 Å². The molecule has 0 unspecified atom stereocenters. The molecule has 0 N–H and O–H groups in total. The van der Waals surface area contributed by atoms with Gasteiger partial charge in [-0.15, -0.1) is 0 Å². The molecule has 2 heteroatoms. The van der Waals surface area contributed by atoms with E-state index in [-0.39, 0.29) is 5.78 Å². The molecule has 2 aromatic rings. The van der Waals surface area contributed by atoms with Gasteiger partial charge in [-0.25, -0.2) is 0 Å². The highest BCUT2D eigenvalue weighted by atomic mass is 16.1. The van der Waals surface area contributed by atoms with Crippen LogP contribution < -0.4 is 0 Å². The minimum absolute atomic E-state index is 0.159. The first-order valence-corrected chi connectivity index (χ1v) is 5.80. The van der Waals surface area contributed by atoms with Crippen molar-refractivity contribution in [2.24, 2.45) is 0 Å². The van der Waals surface area contributed by atoms with Gasteiger partial charge < -0.3 is 0 Å². The number of benzene rings is 1. The fraction of sp³-hybridized carbons (Fsp3) is 0.200. The van der Waals surface area contributed by atoms with Gasteiger partial charge in [-0.3, -0.25) is 9.78 Å². The first kappa shape index (κ1) is 11.5. The normalized spacial score (nSPS) is 10.2. The molecule has 0 fully saturated rings. The number of Topliss-reactive ketones (excluding diaryl/α,β-unsaturated/α-hetero) is 1. The number of carbonyl (C=O) groups is 1. The maximum absolute atomic E-state index is 12.1. The monoisotopic (exact) mass is 225 g/mol. The van der Waals surface area contributed by atoms with E-state index in [9.17, 15) is 4.79 Å². The smallest absolute Gasteiger partial charge is 0.167 e. The van der Waals surface area contributed by atoms with Crippen LogP contribution in [-0.2, 0) is 12.8 Å². The zero-order valence-corrected chi connectivity index (χ0v) is 9.89. The summed E-state index contributed by atoms with van der Waals surface area (Å²) in [6.07, 6.45) is 4.82. The first-order valence-electron chi connectivity index (χ1n) is 5.80. The number of pyridine rings is 1. The minimum Gasteiger partial charge on any atom is -0.294 e. The van der Waals surface area contributed by atoms with Crippen molar-refractivity contribution in [2.45, 2.75) is 19.8 Å². The standard InChI is InChI=1S/C15H15NO/c1-2-12-4-3-5-14(10-12)15(17)11-13-6-8-16-9-7-13/h3-10H,2,11H2,1H3. The Labute approximate surface area is 101 Å². The van der Waals surface area contributed by atoms with Crippen LogP contribution >= 0.6 is 0 Å². The zero-order chi connectivity index (χ0) is 12.1. The van der Waals surface area contributed by atoms with Gasteiger partial charge >= 0.3 is 0 Å². The molecule has 0 saturated carbocycles. The van der Waals surface area contributed by atoms with Crippen molar-refractivity contribution in [1.29, 1.82) is 0 Å². The van der Waals surface area contributed by atoms with Gasteiger partial charge in [-0.2, -0.15) is 0 Å². The summed E-state index contributed by atoms with van der Waals surface area (Å²) < 4.78 is 0. The molecule has 0 saturated heterocycles. The molecule has 0 bridgehead atoms. The third-order valence-corrected chi connectivity index (χ3v) is 2.77. The second kappa shape index (κ2) is 5.39. The quantitative estimate of drug-likeness (QED) is 0.748. The molecule has 0 spiro atoms. The molecule has 0 atom stereocenters. The van der Waals surface area contributed by atoms with Crippen LogP contribution in [0.3, 0.4) is 0 Å². The lowest BCUT2D eigenvalue weighted by molar-refractivity contribution is 0.0993. The molecule has 0 aliphatic rings. The Morgan fingerprint density at radius 2 is 1.88 bits per heavy atom. The highest BCUT2D eigenvalue weighted by molar-refractivity contribution is 5.97. The minimum atomic E-state index is 0.159. The van der Waals surface area contributed by atoms with Crippen molar-refractivity contribution < 1.29 is 4.79 Å². The number of nitrogens with zero attached hydrogens (tertiary/aromatic N) is 1. The summed E-state index contributed by atoms with van der Waals surface area (Å²) in [5.74, 6) is 0.159. The summed E-state index contributed by atoms with van der Waals surface area (Å²) in [7, 11) is 0. The predicted octanol–water partition coefficient (Wildman–Crippen LogP) is 3.07. The summed E-state index contributed by atoms with van der Waals surface area (Å²) in [5.41, 5.74) is 3.00. The Kier molecular flexibility index (Phi) is 3.66. The largest absolute Gasteiger partial charge is 0.294 e. The Hall–Kier alpha value is -1.96. The molecule has 2 rings (SSSR count). The fourth-order valence-corrected chi connectivity index (χ4v) is 1.75. The van der Waals surface area contributed by atoms with E-state index in [1.807, 2.05) is 36.4 Å². The maximum atomic E-state index is 12.1. The van der Waals surface area contributed by atoms with Gasteiger partial charge in [0.05, 0.1) is 0 Å². The summed E-state index contributed by atoms with van der Waals surface area (Å²) in [6.45, 7) is 2.09. The highest BCUT2D eigenvalue weighted by Crippen LogP contribution is 2.10. The van der Waals surface area contributed by atoms with Gasteiger partial charge in [-0.1, -0.05) is 25.1 Å². The van der Waals surface area contributed by atoms with E-state index in [1.165, 1.54) is 5.56 Å². The van der Waals surface area contributed by atoms with Crippen molar-refractivity contribution in [2.75, 3.05) is 0 Å². The van der Waals surface area contributed by atoms with Crippen LogP contribution in [0.25, 0.3) is 0 Å². The van der Waals surface area contributed by atoms with E-state index in [0.29, 0.717) is 6.42 Å². The van der Waals surface area contributed by atoms with Crippen LogP contribution in [0.15, 0.2) is 48.8 Å². The molecular formula is C15H15NO. The summed E-state index contributed by atoms with van der Waals surface area (Å²) in [5, 5.41) is 0. The predicted molar refractivity (Wildman–Crippen MR) is 68.1 cm³/mol. The summed E-state index contributed by atoms with van der Waals surface area (Å²) >= 11 is 0. The number of aryl methyl sites for hydroxylation is 1. The highest BCUT2D eigenvalue weighted by Gasteiger charge is 2.07. The van der Waals surface area contributed by atoms with Crippen molar-refractivity contribution in [3.05, 3.63) is 65.5 Å². The molecule has 86 valence electrons. The third kappa shape index (κ3) is 3.00. The molecule has 2 nitrogen and oxygen atoms in total. The van der Waals surface area contributed by atoms with Gasteiger partial charge in [-0.05, 0) is 35.7 Å². The lowest BCUT2D eigenvalue weighted by Crippen LogP contribution is -2.04. The van der Waals surface area contributed by atoms with Gasteiger partial charge in [0.25, 0.3) is 0 Å². The van der Waals surface area contributed by atoms with Crippen molar-refractivity contribution in [1.82, 2.24) is 4.98 Å². The lowest BCUT2D eigenvalue weighted by atomic mass is 10.0. The molecular weight excluding hydrogens is 210 g/mol. The third-order valence-electron chi connectivity index (χ3n) is 2.77. The second-order valence-electron chi connectivity index (χ2n) is 4.01. The maximum Gasteiger partial charge on any atom is 0.167 e. The van der Waals surface area contributed by atoms with Crippen LogP contribution in [0, 0.1) is 0 Å². The number of rotatable bonds is 4. The van der Waals surface area contributed by atoms with E-state index in [2.05, 4.69) is 11.9 Å². The van der Waals surface area contributed by atoms with E-state index in [0.717, 1.165) is 17.5 Å². The lowest BCUT2D eigenvalue weighted by Gasteiger charge is -2.03. The van der Waals surface area contributed by atoms with Crippen LogP contribution in [0.5, 0.6) is 0 Å². The summed E-state index contributed by atoms with van der Waals surface area (Å²) in [4.78, 5) is 16.0. The number of aromatic nitrogens is 1. The molecule has 1 aromatic heterocycles. The van der Waals surface area contributed by atoms with Gasteiger partial charge in [0.15, 0.2) is 5.78 Å². The molecule has 0 amide bonds. The van der Waals surface area contributed by atoms with Crippen LogP contribution in [-0.4, -0.2) is 10.8 Å². The van der Waals surface area contributed by atoms with Crippen LogP contribution in [0.2, 0.25) is 0 Å². The second-order valence-corrected chi connectivity index (χ2v) is 4.01. The molecule has 0 radical (unpaired) electrons. The number of carbonyl (C=O) groups excluding carboxylic acids is 1. The first-order chi connectivity index (χ1) is 8.29. The van der Waals surface area contributed by atoms with Crippen molar-refractivity contribution in [3.63, 3.8) is 0 Å². The van der Waals surface area contributed by atoms with E-state index in [1.54, 1.807) is 12.4 Å². The van der Waals surface area contributed by atoms with E-state index >= 15 is 0 Å². The Balaban J connectivity index is 2.14. The SMILES string of the molecule is CCc1cccc(C(=O)Cc2ccncc2)c1. The topological polar surface area (TPSA) is 30.0 Å². The zero-order valence-electron chi connectivity index (χ0n) is 9.89. The number of hydrogen-bond donors (Lipinski definition) is 0. The van der Waals surface area contributed by atoms with Crippen LogP contribution in [0.4, 0.5) is 0 Å². The van der Waals surface area contributed by atoms with E-state index < -0.39 is 0 Å². The van der Waals surface area contributed by atoms with Gasteiger partial charge in [0.2, 0.25) is 0 Å². The van der Waals surface area contributed by atoms with Crippen molar-refractivity contribution >= 4 is 5.78 Å². The Bertz CT molecular complexity index is 505. The molecule has 1 aromatic carbocycles. The molecule has 1 heterocycles. The van der Waals surface area contributed by atoms with Crippen molar-refractivity contribution in [3.8, 4) is 0 Å². The van der Waals surface area contributed by atoms with Gasteiger partial charge in [0, 0.05) is 24.4 Å².